The van der Waals surface area contributed by atoms with E-state index < -0.39 is 0 Å². The van der Waals surface area contributed by atoms with Crippen LogP contribution in [-0.2, 0) is 15.0 Å². The van der Waals surface area contributed by atoms with Gasteiger partial charge in [-0.2, -0.15) is 0 Å². The standard InChI is InChI=1S/C21H23N3O2/c1-12-17-9-8-16-19(23-13(2)24-20(16)25)21(17,15-6-4-3-5-7-15)10-14-11-22-26-18(12)14/h3-7,10-13,17-18,23H,8-9H2,1-2H3,(H,24,25)/t12-,13?,17-,18?,21-/m0/s1. The van der Waals surface area contributed by atoms with Crippen molar-refractivity contribution in [2.75, 3.05) is 0 Å². The van der Waals surface area contributed by atoms with Crippen molar-refractivity contribution in [2.24, 2.45) is 17.0 Å². The highest BCUT2D eigenvalue weighted by Crippen LogP contribution is 2.55. The highest BCUT2D eigenvalue weighted by Gasteiger charge is 2.55. The van der Waals surface area contributed by atoms with Crippen LogP contribution in [0.2, 0.25) is 0 Å². The molecular weight excluding hydrogens is 326 g/mol. The summed E-state index contributed by atoms with van der Waals surface area (Å²) >= 11 is 0. The van der Waals surface area contributed by atoms with Gasteiger partial charge >= 0.3 is 0 Å². The number of hydrogen-bond acceptors (Lipinski definition) is 4. The van der Waals surface area contributed by atoms with Gasteiger partial charge in [0.25, 0.3) is 5.91 Å². The summed E-state index contributed by atoms with van der Waals surface area (Å²) in [7, 11) is 0. The summed E-state index contributed by atoms with van der Waals surface area (Å²) in [5, 5.41) is 10.7. The number of fused-ring (bicyclic) bond motifs is 3. The number of oxime groups is 1. The van der Waals surface area contributed by atoms with Crippen LogP contribution in [0.15, 0.2) is 58.4 Å². The molecule has 134 valence electrons. The minimum absolute atomic E-state index is 0.0221. The van der Waals surface area contributed by atoms with Gasteiger partial charge in [0.1, 0.15) is 0 Å². The van der Waals surface area contributed by atoms with Crippen molar-refractivity contribution < 1.29 is 9.63 Å². The van der Waals surface area contributed by atoms with Crippen molar-refractivity contribution in [3.05, 3.63) is 58.8 Å². The minimum atomic E-state index is -0.341. The largest absolute Gasteiger partial charge is 0.387 e. The van der Waals surface area contributed by atoms with E-state index in [1.165, 1.54) is 5.56 Å². The van der Waals surface area contributed by atoms with E-state index in [2.05, 4.69) is 53.1 Å². The van der Waals surface area contributed by atoms with Gasteiger partial charge in [-0.1, -0.05) is 48.5 Å². The van der Waals surface area contributed by atoms with Crippen LogP contribution in [-0.4, -0.2) is 24.4 Å². The molecule has 4 aliphatic rings. The second-order valence-electron chi connectivity index (χ2n) is 7.84. The predicted molar refractivity (Wildman–Crippen MR) is 99.2 cm³/mol. The van der Waals surface area contributed by atoms with E-state index in [1.807, 2.05) is 19.2 Å². The molecule has 2 N–H and O–H groups in total. The van der Waals surface area contributed by atoms with E-state index in [1.54, 1.807) is 0 Å². The van der Waals surface area contributed by atoms with Crippen molar-refractivity contribution in [1.29, 1.82) is 0 Å². The maximum Gasteiger partial charge on any atom is 0.250 e. The molecule has 5 rings (SSSR count). The molecule has 5 nitrogen and oxygen atoms in total. The van der Waals surface area contributed by atoms with Gasteiger partial charge in [0.15, 0.2) is 6.10 Å². The molecule has 0 saturated heterocycles. The number of rotatable bonds is 1. The van der Waals surface area contributed by atoms with Crippen LogP contribution in [0.4, 0.5) is 0 Å². The number of hydrogen-bond donors (Lipinski definition) is 2. The maximum atomic E-state index is 12.7. The molecule has 1 aromatic carbocycles. The summed E-state index contributed by atoms with van der Waals surface area (Å²) in [5.74, 6) is 0.725. The van der Waals surface area contributed by atoms with Crippen LogP contribution < -0.4 is 10.6 Å². The van der Waals surface area contributed by atoms with Gasteiger partial charge in [0.2, 0.25) is 0 Å². The van der Waals surface area contributed by atoms with Gasteiger partial charge in [-0.3, -0.25) is 4.79 Å². The lowest BCUT2D eigenvalue weighted by atomic mass is 9.54. The van der Waals surface area contributed by atoms with Crippen LogP contribution in [0.5, 0.6) is 0 Å². The first-order chi connectivity index (χ1) is 12.6. The van der Waals surface area contributed by atoms with E-state index >= 15 is 0 Å². The topological polar surface area (TPSA) is 62.7 Å². The molecule has 1 aromatic rings. The monoisotopic (exact) mass is 349 g/mol. The molecule has 0 fully saturated rings. The Kier molecular flexibility index (Phi) is 3.30. The van der Waals surface area contributed by atoms with Gasteiger partial charge in [-0.15, -0.1) is 0 Å². The Morgan fingerprint density at radius 3 is 2.81 bits per heavy atom. The summed E-state index contributed by atoms with van der Waals surface area (Å²) in [5.41, 5.74) is 3.96. The zero-order chi connectivity index (χ0) is 17.9. The zero-order valence-corrected chi connectivity index (χ0v) is 15.0. The summed E-state index contributed by atoms with van der Waals surface area (Å²) < 4.78 is 0. The SMILES string of the molecule is CC1NC(=O)C2=C(N1)[C@]1(c3ccccc3)C=C3C=NOC3[C@@H](C)[C@@H]1CC2. The first-order valence-electron chi connectivity index (χ1n) is 9.40. The maximum absolute atomic E-state index is 12.7. The lowest BCUT2D eigenvalue weighted by Crippen LogP contribution is -2.59. The van der Waals surface area contributed by atoms with Crippen molar-refractivity contribution in [1.82, 2.24) is 10.6 Å². The van der Waals surface area contributed by atoms with Crippen molar-refractivity contribution in [3.8, 4) is 0 Å². The smallest absolute Gasteiger partial charge is 0.250 e. The zero-order valence-electron chi connectivity index (χ0n) is 15.0. The number of carbonyl (C=O) groups excluding carboxylic acids is 1. The van der Waals surface area contributed by atoms with Crippen LogP contribution in [0, 0.1) is 11.8 Å². The first-order valence-corrected chi connectivity index (χ1v) is 9.40. The third-order valence-corrected chi connectivity index (χ3v) is 6.45. The van der Waals surface area contributed by atoms with Gasteiger partial charge in [-0.05, 0) is 31.2 Å². The molecule has 1 amide bonds. The third-order valence-electron chi connectivity index (χ3n) is 6.45. The molecule has 2 heterocycles. The molecule has 2 unspecified atom stereocenters. The van der Waals surface area contributed by atoms with Crippen molar-refractivity contribution in [3.63, 3.8) is 0 Å². The van der Waals surface area contributed by atoms with Crippen LogP contribution in [0.3, 0.4) is 0 Å². The van der Waals surface area contributed by atoms with Crippen LogP contribution >= 0.6 is 0 Å². The lowest BCUT2D eigenvalue weighted by Gasteiger charge is -2.53. The van der Waals surface area contributed by atoms with Gasteiger partial charge in [-0.25, -0.2) is 0 Å². The predicted octanol–water partition coefficient (Wildman–Crippen LogP) is 2.61. The number of nitrogens with zero attached hydrogens (tertiary/aromatic N) is 1. The van der Waals surface area contributed by atoms with E-state index in [9.17, 15) is 4.79 Å². The molecule has 0 bridgehead atoms. The highest BCUT2D eigenvalue weighted by atomic mass is 16.6. The Bertz CT molecular complexity index is 857. The number of allylic oxidation sites excluding steroid dienone is 1. The quantitative estimate of drug-likeness (QED) is 0.819. The van der Waals surface area contributed by atoms with Gasteiger partial charge in [0, 0.05) is 22.8 Å². The molecule has 5 heteroatoms. The molecule has 0 spiro atoms. The third kappa shape index (κ3) is 1.97. The van der Waals surface area contributed by atoms with Gasteiger partial charge < -0.3 is 15.5 Å². The molecule has 2 aliphatic heterocycles. The molecule has 5 atom stereocenters. The average molecular weight is 349 g/mol. The molecule has 0 saturated carbocycles. The fourth-order valence-corrected chi connectivity index (χ4v) is 5.35. The summed E-state index contributed by atoms with van der Waals surface area (Å²) in [6.45, 7) is 4.25. The minimum Gasteiger partial charge on any atom is -0.387 e. The normalized spacial score (nSPS) is 37.6. The fraction of sp³-hybridized carbons (Fsp3) is 0.429. The van der Waals surface area contributed by atoms with Gasteiger partial charge in [0.05, 0.1) is 17.8 Å². The lowest BCUT2D eigenvalue weighted by molar-refractivity contribution is -0.119. The first kappa shape index (κ1) is 15.7. The van der Waals surface area contributed by atoms with Crippen LogP contribution in [0.1, 0.15) is 32.3 Å². The molecule has 0 aromatic heterocycles. The molecular formula is C21H23N3O2. The Balaban J connectivity index is 1.81. The second kappa shape index (κ2) is 5.47. The number of benzene rings is 1. The second-order valence-corrected chi connectivity index (χ2v) is 7.84. The van der Waals surface area contributed by atoms with E-state index in [-0.39, 0.29) is 23.6 Å². The molecule has 26 heavy (non-hydrogen) atoms. The van der Waals surface area contributed by atoms with Crippen molar-refractivity contribution >= 4 is 12.1 Å². The number of amides is 1. The molecule has 2 aliphatic carbocycles. The summed E-state index contributed by atoms with van der Waals surface area (Å²) in [6.07, 6.45) is 5.84. The average Bonchev–Trinajstić information content (AvgIpc) is 3.11. The van der Waals surface area contributed by atoms with Crippen LogP contribution in [0.25, 0.3) is 0 Å². The highest BCUT2D eigenvalue weighted by molar-refractivity contribution is 5.96. The van der Waals surface area contributed by atoms with Crippen molar-refractivity contribution in [2.45, 2.75) is 44.4 Å². The fourth-order valence-electron chi connectivity index (χ4n) is 5.35. The molecule has 0 radical (unpaired) electrons. The van der Waals surface area contributed by atoms with E-state index in [0.717, 1.165) is 29.7 Å². The van der Waals surface area contributed by atoms with E-state index in [0.29, 0.717) is 11.8 Å². The van der Waals surface area contributed by atoms with E-state index in [4.69, 9.17) is 4.84 Å². The summed E-state index contributed by atoms with van der Waals surface area (Å²) in [4.78, 5) is 18.4. The number of carbonyl (C=O) groups is 1. The summed E-state index contributed by atoms with van der Waals surface area (Å²) in [6, 6.07) is 10.6. The Labute approximate surface area is 153 Å². The Morgan fingerprint density at radius 2 is 2.00 bits per heavy atom. The Morgan fingerprint density at radius 1 is 1.19 bits per heavy atom. The number of nitrogens with one attached hydrogen (secondary N) is 2. The Hall–Kier alpha value is -2.56.